The average Bonchev–Trinajstić information content (AvgIpc) is 3.39. The van der Waals surface area contributed by atoms with E-state index in [-0.39, 0.29) is 17.2 Å². The van der Waals surface area contributed by atoms with Gasteiger partial charge in [0, 0.05) is 11.8 Å². The minimum Gasteiger partial charge on any atom is -0.339 e. The number of hydrogen-bond donors (Lipinski definition) is 1. The van der Waals surface area contributed by atoms with Crippen LogP contribution in [0.2, 0.25) is 0 Å². The molecule has 2 aromatic heterocycles. The molecule has 1 fully saturated rings. The number of carbonyl (C=O) groups excluding carboxylic acids is 1. The minimum atomic E-state index is -0.880. The molecule has 1 aromatic carbocycles. The van der Waals surface area contributed by atoms with Gasteiger partial charge in [-0.2, -0.15) is 4.98 Å². The van der Waals surface area contributed by atoms with Gasteiger partial charge >= 0.3 is 0 Å². The standard InChI is InChI=1S/C26H33N5O2/c1-17(2)14-26(27)15-20(23-29-16-30-33-23)22(21-8-6-7-13-28-21)31(26)24(32)18-9-11-19(12-10-18)25(3,4)5/h6-13,16-17,20,22H,14-15,27H2,1-5H3/t20-,22+,26-/m0/s1. The van der Waals surface area contributed by atoms with Gasteiger partial charge in [-0.15, -0.1) is 0 Å². The predicted molar refractivity (Wildman–Crippen MR) is 126 cm³/mol. The maximum Gasteiger partial charge on any atom is 0.255 e. The lowest BCUT2D eigenvalue weighted by Crippen LogP contribution is -2.55. The van der Waals surface area contributed by atoms with Gasteiger partial charge in [-0.1, -0.05) is 58.0 Å². The molecule has 7 nitrogen and oxygen atoms in total. The van der Waals surface area contributed by atoms with Crippen LogP contribution in [0.1, 0.15) is 86.9 Å². The molecule has 3 atom stereocenters. The number of nitrogens with zero attached hydrogens (tertiary/aromatic N) is 4. The lowest BCUT2D eigenvalue weighted by Gasteiger charge is -2.39. The van der Waals surface area contributed by atoms with E-state index in [0.29, 0.717) is 30.2 Å². The molecule has 0 bridgehead atoms. The zero-order chi connectivity index (χ0) is 23.8. The topological polar surface area (TPSA) is 98.1 Å². The number of hydrogen-bond acceptors (Lipinski definition) is 6. The third kappa shape index (κ3) is 4.55. The Kier molecular flexibility index (Phi) is 6.10. The van der Waals surface area contributed by atoms with Crippen molar-refractivity contribution in [3.05, 3.63) is 77.7 Å². The number of amides is 1. The molecule has 3 aromatic rings. The van der Waals surface area contributed by atoms with Crippen molar-refractivity contribution in [1.82, 2.24) is 20.0 Å². The third-order valence-electron chi connectivity index (χ3n) is 6.38. The van der Waals surface area contributed by atoms with Crippen molar-refractivity contribution in [3.8, 4) is 0 Å². The third-order valence-corrected chi connectivity index (χ3v) is 6.38. The average molecular weight is 448 g/mol. The van der Waals surface area contributed by atoms with Crippen molar-refractivity contribution >= 4 is 5.91 Å². The summed E-state index contributed by atoms with van der Waals surface area (Å²) < 4.78 is 5.47. The normalized spacial score (nSPS) is 23.3. The fraction of sp³-hybridized carbons (Fsp3) is 0.462. The van der Waals surface area contributed by atoms with E-state index >= 15 is 0 Å². The van der Waals surface area contributed by atoms with Crippen LogP contribution >= 0.6 is 0 Å². The monoisotopic (exact) mass is 447 g/mol. The molecule has 0 aliphatic carbocycles. The van der Waals surface area contributed by atoms with E-state index in [1.54, 1.807) is 6.20 Å². The number of nitrogens with two attached hydrogens (primary N) is 1. The maximum absolute atomic E-state index is 14.1. The summed E-state index contributed by atoms with van der Waals surface area (Å²) in [5.74, 6) is 0.405. The van der Waals surface area contributed by atoms with Crippen molar-refractivity contribution in [2.24, 2.45) is 11.7 Å². The summed E-state index contributed by atoms with van der Waals surface area (Å²) in [7, 11) is 0. The Bertz CT molecular complexity index is 1070. The smallest absolute Gasteiger partial charge is 0.255 e. The van der Waals surface area contributed by atoms with E-state index in [0.717, 1.165) is 5.69 Å². The summed E-state index contributed by atoms with van der Waals surface area (Å²) in [6.45, 7) is 10.7. The number of aromatic nitrogens is 3. The molecule has 33 heavy (non-hydrogen) atoms. The zero-order valence-electron chi connectivity index (χ0n) is 20.0. The molecule has 0 saturated carbocycles. The van der Waals surface area contributed by atoms with Crippen LogP contribution in [0.3, 0.4) is 0 Å². The van der Waals surface area contributed by atoms with Gasteiger partial charge in [0.25, 0.3) is 5.91 Å². The molecule has 174 valence electrons. The lowest BCUT2D eigenvalue weighted by atomic mass is 9.86. The molecular weight excluding hydrogens is 414 g/mol. The first-order valence-corrected chi connectivity index (χ1v) is 11.5. The van der Waals surface area contributed by atoms with E-state index in [4.69, 9.17) is 10.3 Å². The molecule has 0 spiro atoms. The van der Waals surface area contributed by atoms with Gasteiger partial charge in [-0.25, -0.2) is 0 Å². The largest absolute Gasteiger partial charge is 0.339 e. The molecule has 0 unspecified atom stereocenters. The van der Waals surface area contributed by atoms with Crippen LogP contribution < -0.4 is 5.73 Å². The second kappa shape index (κ2) is 8.71. The molecule has 3 heterocycles. The van der Waals surface area contributed by atoms with Crippen LogP contribution in [0.25, 0.3) is 0 Å². The highest BCUT2D eigenvalue weighted by atomic mass is 16.5. The number of carbonyl (C=O) groups is 1. The van der Waals surface area contributed by atoms with Gasteiger partial charge in [0.2, 0.25) is 5.89 Å². The van der Waals surface area contributed by atoms with E-state index in [1.807, 2.05) is 47.4 Å². The molecule has 1 aliphatic rings. The number of likely N-dealkylation sites (tertiary alicyclic amines) is 1. The van der Waals surface area contributed by atoms with Crippen molar-refractivity contribution in [3.63, 3.8) is 0 Å². The molecule has 7 heteroatoms. The molecule has 2 N–H and O–H groups in total. The van der Waals surface area contributed by atoms with Crippen LogP contribution in [0.5, 0.6) is 0 Å². The first-order chi connectivity index (χ1) is 15.6. The number of benzene rings is 1. The van der Waals surface area contributed by atoms with Gasteiger partial charge in [0.15, 0.2) is 6.33 Å². The van der Waals surface area contributed by atoms with E-state index in [1.165, 1.54) is 11.9 Å². The highest BCUT2D eigenvalue weighted by Gasteiger charge is 2.55. The van der Waals surface area contributed by atoms with Gasteiger partial charge < -0.3 is 15.2 Å². The summed E-state index contributed by atoms with van der Waals surface area (Å²) in [4.78, 5) is 24.8. The lowest BCUT2D eigenvalue weighted by molar-refractivity contribution is 0.0438. The Morgan fingerprint density at radius 1 is 1.18 bits per heavy atom. The Labute approximate surface area is 195 Å². The first kappa shape index (κ1) is 23.1. The Morgan fingerprint density at radius 3 is 2.45 bits per heavy atom. The number of rotatable bonds is 5. The summed E-state index contributed by atoms with van der Waals surface area (Å²) in [6, 6.07) is 13.1. The Morgan fingerprint density at radius 2 is 1.91 bits per heavy atom. The Hall–Kier alpha value is -3.06. The molecular formula is C26H33N5O2. The van der Waals surface area contributed by atoms with Crippen molar-refractivity contribution in [2.45, 2.75) is 70.5 Å². The Balaban J connectivity index is 1.82. The predicted octanol–water partition coefficient (Wildman–Crippen LogP) is 4.83. The van der Waals surface area contributed by atoms with Crippen molar-refractivity contribution in [2.75, 3.05) is 0 Å². The highest BCUT2D eigenvalue weighted by molar-refractivity contribution is 5.95. The fourth-order valence-corrected chi connectivity index (χ4v) is 4.97. The first-order valence-electron chi connectivity index (χ1n) is 11.5. The van der Waals surface area contributed by atoms with Crippen LogP contribution in [-0.4, -0.2) is 31.6 Å². The minimum absolute atomic E-state index is 0.00400. The van der Waals surface area contributed by atoms with Crippen molar-refractivity contribution < 1.29 is 9.32 Å². The second-order valence-electron chi connectivity index (χ2n) is 10.5. The fourth-order valence-electron chi connectivity index (χ4n) is 4.97. The van der Waals surface area contributed by atoms with Gasteiger partial charge in [-0.05, 0) is 54.0 Å². The summed E-state index contributed by atoms with van der Waals surface area (Å²) in [5.41, 5.74) is 8.72. The van der Waals surface area contributed by atoms with E-state index in [9.17, 15) is 4.79 Å². The van der Waals surface area contributed by atoms with E-state index in [2.05, 4.69) is 49.7 Å². The van der Waals surface area contributed by atoms with Crippen LogP contribution in [0, 0.1) is 5.92 Å². The highest BCUT2D eigenvalue weighted by Crippen LogP contribution is 2.51. The van der Waals surface area contributed by atoms with Crippen LogP contribution in [-0.2, 0) is 5.41 Å². The van der Waals surface area contributed by atoms with Gasteiger partial charge in [-0.3, -0.25) is 9.78 Å². The van der Waals surface area contributed by atoms with Crippen molar-refractivity contribution in [1.29, 1.82) is 0 Å². The molecule has 1 amide bonds. The summed E-state index contributed by atoms with van der Waals surface area (Å²) in [5, 5.41) is 3.81. The van der Waals surface area contributed by atoms with Gasteiger partial charge in [0.1, 0.15) is 0 Å². The summed E-state index contributed by atoms with van der Waals surface area (Å²) >= 11 is 0. The quantitative estimate of drug-likeness (QED) is 0.601. The second-order valence-corrected chi connectivity index (χ2v) is 10.5. The SMILES string of the molecule is CC(C)C[C@@]1(N)C[C@H](c2ncno2)[C@H](c2ccccn2)N1C(=O)c1ccc(C(C)(C)C)cc1. The number of pyridine rings is 1. The zero-order valence-corrected chi connectivity index (χ0v) is 20.0. The molecule has 0 radical (unpaired) electrons. The van der Waals surface area contributed by atoms with E-state index < -0.39 is 11.7 Å². The van der Waals surface area contributed by atoms with Crippen LogP contribution in [0.15, 0.2) is 59.5 Å². The van der Waals surface area contributed by atoms with Crippen LogP contribution in [0.4, 0.5) is 0 Å². The molecule has 1 saturated heterocycles. The van der Waals surface area contributed by atoms with Gasteiger partial charge in [0.05, 0.1) is 23.3 Å². The summed E-state index contributed by atoms with van der Waals surface area (Å²) in [6.07, 6.45) is 4.29. The molecule has 1 aliphatic heterocycles. The maximum atomic E-state index is 14.1. The molecule has 4 rings (SSSR count).